The van der Waals surface area contributed by atoms with Crippen LogP contribution in [-0.2, 0) is 9.59 Å². The van der Waals surface area contributed by atoms with Crippen LogP contribution in [-0.4, -0.2) is 26.2 Å². The summed E-state index contributed by atoms with van der Waals surface area (Å²) in [4.78, 5) is 25.9. The van der Waals surface area contributed by atoms with Crippen molar-refractivity contribution in [3.8, 4) is 0 Å². The second kappa shape index (κ2) is 4.07. The molecule has 0 radical (unpaired) electrons. The Hall–Kier alpha value is -1.66. The van der Waals surface area contributed by atoms with E-state index in [1.54, 1.807) is 10.6 Å². The van der Waals surface area contributed by atoms with Crippen LogP contribution < -0.4 is 0 Å². The van der Waals surface area contributed by atoms with Gasteiger partial charge in [0.25, 0.3) is 5.78 Å². The second-order valence-electron chi connectivity index (χ2n) is 2.85. The van der Waals surface area contributed by atoms with E-state index in [1.165, 1.54) is 17.4 Å². The van der Waals surface area contributed by atoms with Crippen LogP contribution in [0.2, 0.25) is 5.15 Å². The number of hydrogen-bond donors (Lipinski definition) is 1. The standard InChI is InChI=1S/C9H5ClN2O3S/c10-7-5(1-2-6(13)8(14)15)12-3-4-16-9(12)11-7/h1-4H,(H,14,15)/b2-1+. The van der Waals surface area contributed by atoms with Gasteiger partial charge in [-0.05, 0) is 12.2 Å². The number of ketones is 1. The Morgan fingerprint density at radius 3 is 3.00 bits per heavy atom. The van der Waals surface area contributed by atoms with Crippen molar-refractivity contribution in [3.05, 3.63) is 28.5 Å². The highest BCUT2D eigenvalue weighted by molar-refractivity contribution is 7.15. The highest BCUT2D eigenvalue weighted by Gasteiger charge is 2.10. The minimum atomic E-state index is -1.50. The Morgan fingerprint density at radius 1 is 1.56 bits per heavy atom. The fourth-order valence-electron chi connectivity index (χ4n) is 1.15. The van der Waals surface area contributed by atoms with Gasteiger partial charge in [0.15, 0.2) is 10.1 Å². The number of carbonyl (C=O) groups excluding carboxylic acids is 1. The van der Waals surface area contributed by atoms with Crippen LogP contribution in [0.15, 0.2) is 17.7 Å². The van der Waals surface area contributed by atoms with E-state index in [1.807, 2.05) is 5.38 Å². The predicted octanol–water partition coefficient (Wildman–Crippen LogP) is 1.72. The fraction of sp³-hybridized carbons (Fsp3) is 0. The Bertz CT molecular complexity index is 599. The molecule has 0 fully saturated rings. The van der Waals surface area contributed by atoms with Crippen molar-refractivity contribution in [2.75, 3.05) is 0 Å². The van der Waals surface area contributed by atoms with E-state index in [0.717, 1.165) is 6.08 Å². The molecule has 2 aromatic heterocycles. The lowest BCUT2D eigenvalue weighted by Gasteiger charge is -1.90. The predicted molar refractivity (Wildman–Crippen MR) is 59.8 cm³/mol. The van der Waals surface area contributed by atoms with E-state index in [4.69, 9.17) is 16.7 Å². The molecule has 16 heavy (non-hydrogen) atoms. The van der Waals surface area contributed by atoms with Crippen LogP contribution in [0.4, 0.5) is 0 Å². The van der Waals surface area contributed by atoms with Gasteiger partial charge in [-0.25, -0.2) is 9.78 Å². The summed E-state index contributed by atoms with van der Waals surface area (Å²) in [6.07, 6.45) is 4.03. The smallest absolute Gasteiger partial charge is 0.376 e. The first-order valence-electron chi connectivity index (χ1n) is 4.16. The minimum absolute atomic E-state index is 0.237. The number of hydrogen-bond acceptors (Lipinski definition) is 4. The summed E-state index contributed by atoms with van der Waals surface area (Å²) in [6, 6.07) is 0. The summed E-state index contributed by atoms with van der Waals surface area (Å²) in [5.41, 5.74) is 0.493. The first kappa shape index (κ1) is 10.8. The number of carbonyl (C=O) groups is 2. The number of thiazole rings is 1. The lowest BCUT2D eigenvalue weighted by molar-refractivity contribution is -0.146. The first-order valence-corrected chi connectivity index (χ1v) is 5.41. The molecule has 2 rings (SSSR count). The van der Waals surface area contributed by atoms with Crippen LogP contribution in [0.25, 0.3) is 11.0 Å². The largest absolute Gasteiger partial charge is 0.475 e. The summed E-state index contributed by atoms with van der Waals surface area (Å²) >= 11 is 7.23. The second-order valence-corrected chi connectivity index (χ2v) is 4.08. The van der Waals surface area contributed by atoms with Crippen LogP contribution in [0.5, 0.6) is 0 Å². The van der Waals surface area contributed by atoms with E-state index in [9.17, 15) is 9.59 Å². The van der Waals surface area contributed by atoms with Crippen LogP contribution in [0, 0.1) is 0 Å². The Labute approximate surface area is 98.6 Å². The molecule has 2 aromatic rings. The number of halogens is 1. The van der Waals surface area contributed by atoms with E-state index in [2.05, 4.69) is 4.98 Å². The Kier molecular flexibility index (Phi) is 2.76. The van der Waals surface area contributed by atoms with Crippen molar-refractivity contribution in [2.24, 2.45) is 0 Å². The molecule has 0 aliphatic rings. The number of imidazole rings is 1. The zero-order valence-corrected chi connectivity index (χ0v) is 9.33. The maximum absolute atomic E-state index is 10.9. The topological polar surface area (TPSA) is 71.7 Å². The first-order chi connectivity index (χ1) is 7.59. The van der Waals surface area contributed by atoms with Crippen molar-refractivity contribution in [2.45, 2.75) is 0 Å². The summed E-state index contributed by atoms with van der Waals surface area (Å²) in [5, 5.41) is 10.5. The highest BCUT2D eigenvalue weighted by Crippen LogP contribution is 2.22. The average molecular weight is 257 g/mol. The molecule has 5 nitrogen and oxygen atoms in total. The van der Waals surface area contributed by atoms with Gasteiger partial charge in [0.1, 0.15) is 0 Å². The fourth-order valence-corrected chi connectivity index (χ4v) is 2.16. The summed E-state index contributed by atoms with van der Waals surface area (Å²) in [5.74, 6) is -2.50. The van der Waals surface area contributed by atoms with Crippen LogP contribution in [0.3, 0.4) is 0 Å². The molecule has 7 heteroatoms. The monoisotopic (exact) mass is 256 g/mol. The van der Waals surface area contributed by atoms with E-state index < -0.39 is 11.8 Å². The van der Waals surface area contributed by atoms with Gasteiger partial charge in [0.05, 0.1) is 5.69 Å². The van der Waals surface area contributed by atoms with Crippen molar-refractivity contribution in [3.63, 3.8) is 0 Å². The molecule has 0 spiro atoms. The molecule has 0 aliphatic carbocycles. The molecule has 0 amide bonds. The zero-order chi connectivity index (χ0) is 11.7. The number of rotatable bonds is 3. The van der Waals surface area contributed by atoms with Gasteiger partial charge in [-0.15, -0.1) is 11.3 Å². The SMILES string of the molecule is O=C(O)C(=O)/C=C/c1c(Cl)nc2sccn12. The number of aliphatic carboxylic acids is 1. The zero-order valence-electron chi connectivity index (χ0n) is 7.75. The molecule has 0 saturated heterocycles. The van der Waals surface area contributed by atoms with Gasteiger partial charge < -0.3 is 5.11 Å². The van der Waals surface area contributed by atoms with Crippen molar-refractivity contribution >= 4 is 45.7 Å². The third-order valence-corrected chi connectivity index (χ3v) is 2.89. The van der Waals surface area contributed by atoms with Gasteiger partial charge in [0.2, 0.25) is 0 Å². The molecule has 0 unspecified atom stereocenters. The van der Waals surface area contributed by atoms with Crippen molar-refractivity contribution in [1.29, 1.82) is 0 Å². The van der Waals surface area contributed by atoms with Gasteiger partial charge in [-0.1, -0.05) is 11.6 Å². The summed E-state index contributed by atoms with van der Waals surface area (Å²) in [6.45, 7) is 0. The molecule has 0 bridgehead atoms. The van der Waals surface area contributed by atoms with Crippen molar-refractivity contribution < 1.29 is 14.7 Å². The molecule has 1 N–H and O–H groups in total. The average Bonchev–Trinajstić information content (AvgIpc) is 2.75. The molecule has 82 valence electrons. The molecule has 0 saturated carbocycles. The highest BCUT2D eigenvalue weighted by atomic mass is 35.5. The molecular formula is C9H5ClN2O3S. The molecule has 0 aliphatic heterocycles. The van der Waals surface area contributed by atoms with Gasteiger partial charge in [-0.3, -0.25) is 9.20 Å². The van der Waals surface area contributed by atoms with Gasteiger partial charge >= 0.3 is 5.97 Å². The quantitative estimate of drug-likeness (QED) is 0.670. The minimum Gasteiger partial charge on any atom is -0.475 e. The van der Waals surface area contributed by atoms with Gasteiger partial charge in [-0.2, -0.15) is 0 Å². The molecule has 0 aromatic carbocycles. The number of nitrogens with zero attached hydrogens (tertiary/aromatic N) is 2. The summed E-state index contributed by atoms with van der Waals surface area (Å²) in [7, 11) is 0. The van der Waals surface area contributed by atoms with E-state index >= 15 is 0 Å². The maximum atomic E-state index is 10.9. The summed E-state index contributed by atoms with van der Waals surface area (Å²) < 4.78 is 1.68. The molecule has 2 heterocycles. The maximum Gasteiger partial charge on any atom is 0.376 e. The normalized spacial score (nSPS) is 11.3. The lowest BCUT2D eigenvalue weighted by Crippen LogP contribution is -2.08. The molecule has 0 atom stereocenters. The third kappa shape index (κ3) is 1.84. The number of aromatic nitrogens is 2. The number of fused-ring (bicyclic) bond motifs is 1. The van der Waals surface area contributed by atoms with Crippen LogP contribution >= 0.6 is 22.9 Å². The van der Waals surface area contributed by atoms with Gasteiger partial charge in [0, 0.05) is 11.6 Å². The number of carboxylic acids is 1. The Balaban J connectivity index is 2.40. The molecular weight excluding hydrogens is 252 g/mol. The third-order valence-electron chi connectivity index (χ3n) is 1.86. The van der Waals surface area contributed by atoms with Crippen molar-refractivity contribution in [1.82, 2.24) is 9.38 Å². The number of carboxylic acid groups (broad SMARTS) is 1. The van der Waals surface area contributed by atoms with E-state index in [0.29, 0.717) is 10.7 Å². The van der Waals surface area contributed by atoms with Crippen LogP contribution in [0.1, 0.15) is 5.69 Å². The lowest BCUT2D eigenvalue weighted by atomic mass is 10.3. The Morgan fingerprint density at radius 2 is 2.31 bits per heavy atom. The van der Waals surface area contributed by atoms with E-state index in [-0.39, 0.29) is 5.15 Å².